The van der Waals surface area contributed by atoms with E-state index in [0.717, 1.165) is 15.0 Å². The van der Waals surface area contributed by atoms with Crippen LogP contribution in [0.3, 0.4) is 0 Å². The third-order valence-corrected chi connectivity index (χ3v) is 3.57. The predicted molar refractivity (Wildman–Crippen MR) is 75.9 cm³/mol. The van der Waals surface area contributed by atoms with E-state index in [0.29, 0.717) is 4.77 Å². The highest BCUT2D eigenvalue weighted by atomic mass is 127. The van der Waals surface area contributed by atoms with Crippen LogP contribution in [0.15, 0.2) is 18.2 Å². The summed E-state index contributed by atoms with van der Waals surface area (Å²) < 4.78 is 16.4. The van der Waals surface area contributed by atoms with Gasteiger partial charge in [-0.3, -0.25) is 9.67 Å². The molecule has 0 saturated heterocycles. The van der Waals surface area contributed by atoms with Gasteiger partial charge in [0, 0.05) is 15.2 Å². The van der Waals surface area contributed by atoms with E-state index in [9.17, 15) is 4.39 Å². The molecule has 0 aliphatic rings. The van der Waals surface area contributed by atoms with Gasteiger partial charge >= 0.3 is 0 Å². The number of aromatic nitrogens is 3. The van der Waals surface area contributed by atoms with Crippen molar-refractivity contribution in [3.8, 4) is 11.4 Å². The number of aromatic amines is 1. The molecule has 1 aromatic heterocycles. The Morgan fingerprint density at radius 2 is 2.18 bits per heavy atom. The van der Waals surface area contributed by atoms with Crippen molar-refractivity contribution < 1.29 is 4.39 Å². The average Bonchev–Trinajstić information content (AvgIpc) is 2.60. The molecule has 6 heteroatoms. The van der Waals surface area contributed by atoms with Crippen LogP contribution < -0.4 is 0 Å². The molecule has 0 spiro atoms. The van der Waals surface area contributed by atoms with Gasteiger partial charge in [-0.15, -0.1) is 0 Å². The summed E-state index contributed by atoms with van der Waals surface area (Å²) in [5, 5.41) is 6.99. The zero-order valence-corrected chi connectivity index (χ0v) is 12.3. The van der Waals surface area contributed by atoms with Crippen molar-refractivity contribution in [2.45, 2.75) is 19.9 Å². The number of hydrogen-bond donors (Lipinski definition) is 1. The van der Waals surface area contributed by atoms with Gasteiger partial charge in [0.2, 0.25) is 0 Å². The lowest BCUT2D eigenvalue weighted by molar-refractivity contribution is 0.596. The maximum Gasteiger partial charge on any atom is 0.195 e. The van der Waals surface area contributed by atoms with Crippen LogP contribution >= 0.6 is 34.8 Å². The molecule has 0 saturated carbocycles. The summed E-state index contributed by atoms with van der Waals surface area (Å²) in [5.74, 6) is 0.498. The van der Waals surface area contributed by atoms with Crippen LogP contribution in [0.1, 0.15) is 19.9 Å². The van der Waals surface area contributed by atoms with E-state index >= 15 is 0 Å². The molecule has 0 radical (unpaired) electrons. The summed E-state index contributed by atoms with van der Waals surface area (Å²) >= 11 is 7.28. The van der Waals surface area contributed by atoms with Gasteiger partial charge in [0.05, 0.1) is 0 Å². The summed E-state index contributed by atoms with van der Waals surface area (Å²) in [6.45, 7) is 4.07. The van der Waals surface area contributed by atoms with E-state index < -0.39 is 0 Å². The summed E-state index contributed by atoms with van der Waals surface area (Å²) in [7, 11) is 0. The standard InChI is InChI=1S/C11H11FIN3S/c1-6(2)16-10(14-15-11(16)17)8-4-3-7(12)5-9(8)13/h3-6H,1-2H3,(H,15,17). The van der Waals surface area contributed by atoms with Crippen molar-refractivity contribution in [3.05, 3.63) is 32.4 Å². The highest BCUT2D eigenvalue weighted by Gasteiger charge is 2.14. The summed E-state index contributed by atoms with van der Waals surface area (Å²) in [4.78, 5) is 0. The van der Waals surface area contributed by atoms with E-state index in [1.165, 1.54) is 12.1 Å². The summed E-state index contributed by atoms with van der Waals surface area (Å²) in [6, 6.07) is 4.84. The molecular formula is C11H11FIN3S. The van der Waals surface area contributed by atoms with E-state index in [1.807, 2.05) is 18.4 Å². The van der Waals surface area contributed by atoms with Crippen LogP contribution in [-0.4, -0.2) is 14.8 Å². The molecule has 1 aromatic carbocycles. The van der Waals surface area contributed by atoms with Gasteiger partial charge in [0.15, 0.2) is 10.6 Å². The van der Waals surface area contributed by atoms with E-state index in [2.05, 4.69) is 32.8 Å². The quantitative estimate of drug-likeness (QED) is 0.648. The highest BCUT2D eigenvalue weighted by Crippen LogP contribution is 2.26. The second kappa shape index (κ2) is 4.85. The molecule has 1 heterocycles. The first-order valence-corrected chi connectivity index (χ1v) is 6.61. The van der Waals surface area contributed by atoms with Crippen LogP contribution in [0.2, 0.25) is 0 Å². The fourth-order valence-corrected chi connectivity index (χ4v) is 2.71. The molecule has 0 aliphatic carbocycles. The number of nitrogens with one attached hydrogen (secondary N) is 1. The smallest absolute Gasteiger partial charge is 0.195 e. The van der Waals surface area contributed by atoms with E-state index in [1.54, 1.807) is 6.07 Å². The molecule has 0 atom stereocenters. The zero-order valence-electron chi connectivity index (χ0n) is 9.37. The highest BCUT2D eigenvalue weighted by molar-refractivity contribution is 14.1. The van der Waals surface area contributed by atoms with Crippen molar-refractivity contribution in [2.75, 3.05) is 0 Å². The molecular weight excluding hydrogens is 352 g/mol. The van der Waals surface area contributed by atoms with Gasteiger partial charge in [-0.25, -0.2) is 4.39 Å². The second-order valence-electron chi connectivity index (χ2n) is 3.94. The van der Waals surface area contributed by atoms with Crippen LogP contribution in [0, 0.1) is 14.2 Å². The largest absolute Gasteiger partial charge is 0.298 e. The Morgan fingerprint density at radius 3 is 2.76 bits per heavy atom. The molecule has 2 aromatic rings. The van der Waals surface area contributed by atoms with Crippen molar-refractivity contribution >= 4 is 34.8 Å². The fourth-order valence-electron chi connectivity index (χ4n) is 1.64. The lowest BCUT2D eigenvalue weighted by atomic mass is 10.2. The Balaban J connectivity index is 2.65. The first-order valence-electron chi connectivity index (χ1n) is 5.13. The topological polar surface area (TPSA) is 33.6 Å². The molecule has 1 N–H and O–H groups in total. The lowest BCUT2D eigenvalue weighted by Gasteiger charge is -2.11. The summed E-state index contributed by atoms with van der Waals surface area (Å²) in [6.07, 6.45) is 0. The molecule has 0 aliphatic heterocycles. The Bertz CT molecular complexity index is 603. The Kier molecular flexibility index (Phi) is 3.62. The van der Waals surface area contributed by atoms with Crippen LogP contribution in [0.4, 0.5) is 4.39 Å². The third-order valence-electron chi connectivity index (χ3n) is 2.39. The Labute approximate surface area is 117 Å². The molecule has 3 nitrogen and oxygen atoms in total. The first kappa shape index (κ1) is 12.7. The molecule has 17 heavy (non-hydrogen) atoms. The van der Waals surface area contributed by atoms with Crippen molar-refractivity contribution in [3.63, 3.8) is 0 Å². The fraction of sp³-hybridized carbons (Fsp3) is 0.273. The number of benzene rings is 1. The number of rotatable bonds is 2. The normalized spacial score (nSPS) is 11.1. The molecule has 90 valence electrons. The van der Waals surface area contributed by atoms with Gasteiger partial charge in [0.25, 0.3) is 0 Å². The minimum atomic E-state index is -0.247. The van der Waals surface area contributed by atoms with Crippen molar-refractivity contribution in [1.82, 2.24) is 14.8 Å². The summed E-state index contributed by atoms with van der Waals surface area (Å²) in [5.41, 5.74) is 0.882. The molecule has 0 unspecified atom stereocenters. The second-order valence-corrected chi connectivity index (χ2v) is 5.49. The predicted octanol–water partition coefficient (Wildman–Crippen LogP) is 3.93. The minimum Gasteiger partial charge on any atom is -0.298 e. The number of hydrogen-bond acceptors (Lipinski definition) is 2. The van der Waals surface area contributed by atoms with Gasteiger partial charge in [-0.2, -0.15) is 5.10 Å². The van der Waals surface area contributed by atoms with Crippen LogP contribution in [-0.2, 0) is 0 Å². The first-order chi connectivity index (χ1) is 8.00. The lowest BCUT2D eigenvalue weighted by Crippen LogP contribution is -2.04. The molecule has 0 bridgehead atoms. The molecule has 2 rings (SSSR count). The van der Waals surface area contributed by atoms with Crippen molar-refractivity contribution in [1.29, 1.82) is 0 Å². The van der Waals surface area contributed by atoms with Gasteiger partial charge in [-0.05, 0) is 66.9 Å². The SMILES string of the molecule is CC(C)n1c(-c2ccc(F)cc2I)n[nH]c1=S. The average molecular weight is 363 g/mol. The minimum absolute atomic E-state index is 0.206. The van der Waals surface area contributed by atoms with Gasteiger partial charge in [0.1, 0.15) is 5.82 Å². The number of nitrogens with zero attached hydrogens (tertiary/aromatic N) is 2. The van der Waals surface area contributed by atoms with Crippen LogP contribution in [0.5, 0.6) is 0 Å². The molecule has 0 fully saturated rings. The van der Waals surface area contributed by atoms with E-state index in [-0.39, 0.29) is 11.9 Å². The Hall–Kier alpha value is -0.760. The van der Waals surface area contributed by atoms with Crippen molar-refractivity contribution in [2.24, 2.45) is 0 Å². The van der Waals surface area contributed by atoms with Gasteiger partial charge in [-0.1, -0.05) is 0 Å². The van der Waals surface area contributed by atoms with Crippen LogP contribution in [0.25, 0.3) is 11.4 Å². The molecule has 0 amide bonds. The number of halogens is 2. The third kappa shape index (κ3) is 2.42. The monoisotopic (exact) mass is 363 g/mol. The zero-order chi connectivity index (χ0) is 12.6. The Morgan fingerprint density at radius 1 is 1.47 bits per heavy atom. The maximum atomic E-state index is 13.1. The van der Waals surface area contributed by atoms with E-state index in [4.69, 9.17) is 12.2 Å². The number of H-pyrrole nitrogens is 1. The van der Waals surface area contributed by atoms with Gasteiger partial charge < -0.3 is 0 Å². The maximum absolute atomic E-state index is 13.1.